The van der Waals surface area contributed by atoms with Crippen LogP contribution in [0.5, 0.6) is 0 Å². The molecule has 0 unspecified atom stereocenters. The molecule has 4 heteroatoms. The van der Waals surface area contributed by atoms with Crippen LogP contribution in [0.15, 0.2) is 84.9 Å². The van der Waals surface area contributed by atoms with Crippen molar-refractivity contribution < 1.29 is 4.92 Å². The van der Waals surface area contributed by atoms with Gasteiger partial charge in [0.25, 0.3) is 5.69 Å². The maximum absolute atomic E-state index is 11.3. The smallest absolute Gasteiger partial charge is 0.273 e. The molecule has 0 heterocycles. The lowest BCUT2D eigenvalue weighted by Crippen LogP contribution is -2.25. The van der Waals surface area contributed by atoms with Crippen molar-refractivity contribution in [3.05, 3.63) is 112 Å². The van der Waals surface area contributed by atoms with Crippen LogP contribution in [0, 0.1) is 10.1 Å². The average Bonchev–Trinajstić information content (AvgIpc) is 2.64. The number of hydrogen-bond acceptors (Lipinski definition) is 3. The van der Waals surface area contributed by atoms with E-state index in [0.717, 1.165) is 11.1 Å². The molecule has 25 heavy (non-hydrogen) atoms. The summed E-state index contributed by atoms with van der Waals surface area (Å²) in [6.07, 6.45) is 0. The molecule has 0 saturated carbocycles. The van der Waals surface area contributed by atoms with E-state index in [1.165, 1.54) is 0 Å². The fourth-order valence-corrected chi connectivity index (χ4v) is 3.15. The van der Waals surface area contributed by atoms with Crippen molar-refractivity contribution in [3.8, 4) is 0 Å². The molecule has 3 aromatic carbocycles. The largest absolute Gasteiger partial charge is 0.291 e. The van der Waals surface area contributed by atoms with E-state index >= 15 is 0 Å². The third-order valence-corrected chi connectivity index (χ3v) is 4.28. The van der Waals surface area contributed by atoms with Crippen LogP contribution in [-0.4, -0.2) is 16.9 Å². The van der Waals surface area contributed by atoms with Crippen molar-refractivity contribution in [2.45, 2.75) is 12.6 Å². The Kier molecular flexibility index (Phi) is 5.21. The third kappa shape index (κ3) is 3.92. The molecule has 0 aliphatic rings. The monoisotopic (exact) mass is 332 g/mol. The van der Waals surface area contributed by atoms with Crippen molar-refractivity contribution in [1.29, 1.82) is 0 Å². The number of nitro benzene ring substituents is 1. The molecule has 0 fully saturated rings. The standard InChI is InChI=1S/C21H20N2O2/c1-22(16-19-14-8-9-15-20(19)23(24)25)21(17-10-4-2-5-11-17)18-12-6-3-7-13-18/h2-15,21H,16H2,1H3. The van der Waals surface area contributed by atoms with Crippen LogP contribution in [0.3, 0.4) is 0 Å². The minimum absolute atomic E-state index is 0.0298. The molecule has 3 rings (SSSR count). The van der Waals surface area contributed by atoms with E-state index in [4.69, 9.17) is 0 Å². The topological polar surface area (TPSA) is 46.4 Å². The number of nitrogens with zero attached hydrogens (tertiary/aromatic N) is 2. The molecule has 0 aromatic heterocycles. The Hall–Kier alpha value is -2.98. The lowest BCUT2D eigenvalue weighted by molar-refractivity contribution is -0.385. The summed E-state index contributed by atoms with van der Waals surface area (Å²) in [4.78, 5) is 13.1. The highest BCUT2D eigenvalue weighted by Crippen LogP contribution is 2.30. The maximum atomic E-state index is 11.3. The predicted octanol–water partition coefficient (Wildman–Crippen LogP) is 4.82. The Balaban J connectivity index is 1.96. The zero-order valence-electron chi connectivity index (χ0n) is 14.1. The third-order valence-electron chi connectivity index (χ3n) is 4.28. The summed E-state index contributed by atoms with van der Waals surface area (Å²) >= 11 is 0. The van der Waals surface area contributed by atoms with Gasteiger partial charge in [0.05, 0.1) is 11.0 Å². The fraction of sp³-hybridized carbons (Fsp3) is 0.143. The molecule has 0 saturated heterocycles. The summed E-state index contributed by atoms with van der Waals surface area (Å²) in [6, 6.07) is 27.4. The van der Waals surface area contributed by atoms with Gasteiger partial charge in [-0.25, -0.2) is 0 Å². The highest BCUT2D eigenvalue weighted by Gasteiger charge is 2.22. The van der Waals surface area contributed by atoms with Gasteiger partial charge in [-0.1, -0.05) is 78.9 Å². The number of hydrogen-bond donors (Lipinski definition) is 0. The normalized spacial score (nSPS) is 11.0. The quantitative estimate of drug-likeness (QED) is 0.480. The number of rotatable bonds is 6. The highest BCUT2D eigenvalue weighted by atomic mass is 16.6. The SMILES string of the molecule is CN(Cc1ccccc1[N+](=O)[O-])C(c1ccccc1)c1ccccc1. The van der Waals surface area contributed by atoms with Gasteiger partial charge < -0.3 is 0 Å². The van der Waals surface area contributed by atoms with E-state index in [-0.39, 0.29) is 16.7 Å². The van der Waals surface area contributed by atoms with Crippen LogP contribution in [0.4, 0.5) is 5.69 Å². The molecule has 0 atom stereocenters. The number of benzene rings is 3. The van der Waals surface area contributed by atoms with E-state index in [1.54, 1.807) is 12.1 Å². The first-order valence-corrected chi connectivity index (χ1v) is 8.19. The van der Waals surface area contributed by atoms with Crippen LogP contribution in [0.2, 0.25) is 0 Å². The van der Waals surface area contributed by atoms with Crippen LogP contribution >= 0.6 is 0 Å². The van der Waals surface area contributed by atoms with E-state index in [2.05, 4.69) is 29.2 Å². The molecule has 0 bridgehead atoms. The molecular weight excluding hydrogens is 312 g/mol. The summed E-state index contributed by atoms with van der Waals surface area (Å²) in [7, 11) is 2.00. The zero-order valence-corrected chi connectivity index (χ0v) is 14.1. The van der Waals surface area contributed by atoms with Gasteiger partial charge in [0, 0.05) is 18.2 Å². The molecule has 3 aromatic rings. The zero-order chi connectivity index (χ0) is 17.6. The van der Waals surface area contributed by atoms with Crippen molar-refractivity contribution in [3.63, 3.8) is 0 Å². The predicted molar refractivity (Wildman–Crippen MR) is 99.3 cm³/mol. The van der Waals surface area contributed by atoms with Gasteiger partial charge in [0.1, 0.15) is 0 Å². The molecule has 4 nitrogen and oxygen atoms in total. The van der Waals surface area contributed by atoms with Gasteiger partial charge in [0.15, 0.2) is 0 Å². The van der Waals surface area contributed by atoms with Crippen LogP contribution in [0.25, 0.3) is 0 Å². The molecule has 0 aliphatic carbocycles. The van der Waals surface area contributed by atoms with Crippen molar-refractivity contribution in [2.24, 2.45) is 0 Å². The van der Waals surface area contributed by atoms with Gasteiger partial charge in [-0.05, 0) is 18.2 Å². The van der Waals surface area contributed by atoms with Crippen molar-refractivity contribution in [1.82, 2.24) is 4.90 Å². The van der Waals surface area contributed by atoms with Crippen LogP contribution < -0.4 is 0 Å². The first kappa shape index (κ1) is 16.9. The Morgan fingerprint density at radius 1 is 0.840 bits per heavy atom. The first-order chi connectivity index (χ1) is 12.2. The fourth-order valence-electron chi connectivity index (χ4n) is 3.15. The Morgan fingerprint density at radius 2 is 1.32 bits per heavy atom. The lowest BCUT2D eigenvalue weighted by Gasteiger charge is -2.29. The minimum atomic E-state index is -0.316. The van der Waals surface area contributed by atoms with E-state index < -0.39 is 0 Å². The van der Waals surface area contributed by atoms with Gasteiger partial charge in [-0.3, -0.25) is 15.0 Å². The second kappa shape index (κ2) is 7.73. The second-order valence-corrected chi connectivity index (χ2v) is 6.02. The van der Waals surface area contributed by atoms with Gasteiger partial charge in [-0.2, -0.15) is 0 Å². The molecule has 126 valence electrons. The van der Waals surface area contributed by atoms with Crippen LogP contribution in [0.1, 0.15) is 22.7 Å². The number of para-hydroxylation sites is 1. The van der Waals surface area contributed by atoms with Crippen molar-refractivity contribution in [2.75, 3.05) is 7.05 Å². The molecule has 0 aliphatic heterocycles. The van der Waals surface area contributed by atoms with Gasteiger partial charge in [0.2, 0.25) is 0 Å². The first-order valence-electron chi connectivity index (χ1n) is 8.19. The lowest BCUT2D eigenvalue weighted by atomic mass is 9.97. The summed E-state index contributed by atoms with van der Waals surface area (Å²) < 4.78 is 0. The van der Waals surface area contributed by atoms with E-state index in [1.807, 2.05) is 55.6 Å². The molecule has 0 N–H and O–H groups in total. The second-order valence-electron chi connectivity index (χ2n) is 6.02. The van der Waals surface area contributed by atoms with Crippen LogP contribution in [-0.2, 0) is 6.54 Å². The van der Waals surface area contributed by atoms with Gasteiger partial charge >= 0.3 is 0 Å². The molecule has 0 amide bonds. The van der Waals surface area contributed by atoms with E-state index in [0.29, 0.717) is 12.1 Å². The number of nitro groups is 1. The maximum Gasteiger partial charge on any atom is 0.273 e. The average molecular weight is 332 g/mol. The highest BCUT2D eigenvalue weighted by molar-refractivity contribution is 5.40. The van der Waals surface area contributed by atoms with Gasteiger partial charge in [-0.15, -0.1) is 0 Å². The summed E-state index contributed by atoms with van der Waals surface area (Å²) in [5.41, 5.74) is 3.20. The minimum Gasteiger partial charge on any atom is -0.291 e. The Morgan fingerprint density at radius 3 is 1.84 bits per heavy atom. The molecule has 0 spiro atoms. The summed E-state index contributed by atoms with van der Waals surface area (Å²) in [5, 5.41) is 11.3. The van der Waals surface area contributed by atoms with E-state index in [9.17, 15) is 10.1 Å². The Bertz CT molecular complexity index is 795. The Labute approximate surface area is 147 Å². The summed E-state index contributed by atoms with van der Waals surface area (Å²) in [5.74, 6) is 0. The summed E-state index contributed by atoms with van der Waals surface area (Å²) in [6.45, 7) is 0.492. The van der Waals surface area contributed by atoms with Crippen molar-refractivity contribution >= 4 is 5.69 Å². The molecular formula is C21H20N2O2. The molecule has 0 radical (unpaired) electrons.